The Labute approximate surface area is 142 Å². The SMILES string of the molecule is CCn1ccnc1CNc1cc(S(=O)(=O)NC2CC2)ccc1OC. The van der Waals surface area contributed by atoms with E-state index in [4.69, 9.17) is 4.74 Å². The highest BCUT2D eigenvalue weighted by Gasteiger charge is 2.28. The summed E-state index contributed by atoms with van der Waals surface area (Å²) < 4.78 is 34.8. The summed E-state index contributed by atoms with van der Waals surface area (Å²) in [6, 6.07) is 4.89. The number of benzene rings is 1. The molecule has 1 aromatic heterocycles. The minimum absolute atomic E-state index is 0.0746. The van der Waals surface area contributed by atoms with Gasteiger partial charge in [0.15, 0.2) is 0 Å². The third-order valence-electron chi connectivity index (χ3n) is 3.96. The first-order valence-electron chi connectivity index (χ1n) is 7.97. The highest BCUT2D eigenvalue weighted by atomic mass is 32.2. The minimum atomic E-state index is -3.50. The van der Waals surface area contributed by atoms with Crippen molar-refractivity contribution in [3.63, 3.8) is 0 Å². The topological polar surface area (TPSA) is 85.2 Å². The van der Waals surface area contributed by atoms with Gasteiger partial charge in [0, 0.05) is 25.0 Å². The molecule has 24 heavy (non-hydrogen) atoms. The molecule has 8 heteroatoms. The molecule has 1 heterocycles. The molecule has 2 aromatic rings. The zero-order chi connectivity index (χ0) is 17.2. The van der Waals surface area contributed by atoms with Gasteiger partial charge < -0.3 is 14.6 Å². The molecule has 1 fully saturated rings. The van der Waals surface area contributed by atoms with E-state index in [1.807, 2.05) is 17.7 Å². The van der Waals surface area contributed by atoms with Crippen LogP contribution in [-0.2, 0) is 23.1 Å². The number of imidazole rings is 1. The Morgan fingerprint density at radius 3 is 2.83 bits per heavy atom. The molecule has 0 radical (unpaired) electrons. The number of hydrogen-bond donors (Lipinski definition) is 2. The predicted molar refractivity (Wildman–Crippen MR) is 91.6 cm³/mol. The van der Waals surface area contributed by atoms with Gasteiger partial charge in [0.25, 0.3) is 0 Å². The summed E-state index contributed by atoms with van der Waals surface area (Å²) in [6.07, 6.45) is 5.47. The van der Waals surface area contributed by atoms with E-state index in [0.717, 1.165) is 25.2 Å². The van der Waals surface area contributed by atoms with Gasteiger partial charge in [-0.1, -0.05) is 0 Å². The van der Waals surface area contributed by atoms with Gasteiger partial charge in [-0.05, 0) is 38.0 Å². The lowest BCUT2D eigenvalue weighted by atomic mass is 10.3. The van der Waals surface area contributed by atoms with Crippen molar-refractivity contribution >= 4 is 15.7 Å². The first-order chi connectivity index (χ1) is 11.5. The molecule has 0 unspecified atom stereocenters. The van der Waals surface area contributed by atoms with Gasteiger partial charge in [0.2, 0.25) is 10.0 Å². The van der Waals surface area contributed by atoms with E-state index in [1.165, 1.54) is 0 Å². The number of rotatable bonds is 8. The largest absolute Gasteiger partial charge is 0.495 e. The normalized spacial score (nSPS) is 14.6. The monoisotopic (exact) mass is 350 g/mol. The van der Waals surface area contributed by atoms with Crippen LogP contribution in [0.4, 0.5) is 5.69 Å². The molecule has 7 nitrogen and oxygen atoms in total. The summed E-state index contributed by atoms with van der Waals surface area (Å²) in [7, 11) is -1.94. The van der Waals surface area contributed by atoms with E-state index in [2.05, 4.69) is 15.0 Å². The lowest BCUT2D eigenvalue weighted by molar-refractivity contribution is 0.416. The molecule has 0 amide bonds. The molecule has 0 spiro atoms. The van der Waals surface area contributed by atoms with Crippen LogP contribution in [0.5, 0.6) is 5.75 Å². The van der Waals surface area contributed by atoms with E-state index >= 15 is 0 Å². The average molecular weight is 350 g/mol. The van der Waals surface area contributed by atoms with Crippen LogP contribution in [0.2, 0.25) is 0 Å². The number of hydrogen-bond acceptors (Lipinski definition) is 5. The lowest BCUT2D eigenvalue weighted by Gasteiger charge is -2.14. The zero-order valence-electron chi connectivity index (χ0n) is 13.8. The molecule has 3 rings (SSSR count). The first-order valence-corrected chi connectivity index (χ1v) is 9.46. The number of anilines is 1. The molecule has 0 bridgehead atoms. The first kappa shape index (κ1) is 16.8. The maximum Gasteiger partial charge on any atom is 0.240 e. The van der Waals surface area contributed by atoms with Crippen LogP contribution < -0.4 is 14.8 Å². The minimum Gasteiger partial charge on any atom is -0.495 e. The average Bonchev–Trinajstić information content (AvgIpc) is 3.25. The van der Waals surface area contributed by atoms with Crippen LogP contribution in [0.15, 0.2) is 35.5 Å². The van der Waals surface area contributed by atoms with Crippen LogP contribution >= 0.6 is 0 Å². The highest BCUT2D eigenvalue weighted by Crippen LogP contribution is 2.29. The van der Waals surface area contributed by atoms with Crippen molar-refractivity contribution in [3.05, 3.63) is 36.4 Å². The number of aryl methyl sites for hydroxylation is 1. The molecule has 1 aliphatic rings. The quantitative estimate of drug-likeness (QED) is 0.760. The Balaban J connectivity index is 1.81. The third kappa shape index (κ3) is 3.70. The smallest absolute Gasteiger partial charge is 0.240 e. The number of sulfonamides is 1. The third-order valence-corrected chi connectivity index (χ3v) is 5.48. The lowest BCUT2D eigenvalue weighted by Crippen LogP contribution is -2.25. The number of nitrogens with zero attached hydrogens (tertiary/aromatic N) is 2. The highest BCUT2D eigenvalue weighted by molar-refractivity contribution is 7.89. The second kappa shape index (κ2) is 6.82. The molecular formula is C16H22N4O3S. The summed E-state index contributed by atoms with van der Waals surface area (Å²) in [5.41, 5.74) is 0.627. The van der Waals surface area contributed by atoms with Crippen LogP contribution in [0.3, 0.4) is 0 Å². The van der Waals surface area contributed by atoms with Gasteiger partial charge in [-0.15, -0.1) is 0 Å². The molecule has 130 valence electrons. The van der Waals surface area contributed by atoms with Gasteiger partial charge in [-0.25, -0.2) is 18.1 Å². The Kier molecular flexibility index (Phi) is 4.77. The van der Waals surface area contributed by atoms with E-state index in [0.29, 0.717) is 18.0 Å². The molecule has 0 saturated heterocycles. The van der Waals surface area contributed by atoms with Gasteiger partial charge in [-0.3, -0.25) is 0 Å². The van der Waals surface area contributed by atoms with Crippen molar-refractivity contribution in [2.75, 3.05) is 12.4 Å². The van der Waals surface area contributed by atoms with E-state index in [1.54, 1.807) is 31.5 Å². The van der Waals surface area contributed by atoms with Crippen LogP contribution in [0, 0.1) is 0 Å². The second-order valence-electron chi connectivity index (χ2n) is 5.74. The van der Waals surface area contributed by atoms with Crippen molar-refractivity contribution in [1.29, 1.82) is 0 Å². The molecule has 1 saturated carbocycles. The van der Waals surface area contributed by atoms with Gasteiger partial charge >= 0.3 is 0 Å². The van der Waals surface area contributed by atoms with Crippen molar-refractivity contribution in [2.24, 2.45) is 0 Å². The summed E-state index contributed by atoms with van der Waals surface area (Å²) in [5, 5.41) is 3.22. The molecule has 1 aromatic carbocycles. The number of aromatic nitrogens is 2. The summed E-state index contributed by atoms with van der Waals surface area (Å²) in [5.74, 6) is 1.47. The van der Waals surface area contributed by atoms with E-state index in [-0.39, 0.29) is 10.9 Å². The Morgan fingerprint density at radius 1 is 1.38 bits per heavy atom. The van der Waals surface area contributed by atoms with Gasteiger partial charge in [0.1, 0.15) is 11.6 Å². The predicted octanol–water partition coefficient (Wildman–Crippen LogP) is 1.96. The second-order valence-corrected chi connectivity index (χ2v) is 7.45. The van der Waals surface area contributed by atoms with Crippen LogP contribution in [0.25, 0.3) is 0 Å². The summed E-state index contributed by atoms with van der Waals surface area (Å²) in [4.78, 5) is 4.54. The van der Waals surface area contributed by atoms with Crippen LogP contribution in [0.1, 0.15) is 25.6 Å². The fourth-order valence-electron chi connectivity index (χ4n) is 2.45. The van der Waals surface area contributed by atoms with E-state index in [9.17, 15) is 8.42 Å². The van der Waals surface area contributed by atoms with Gasteiger partial charge in [0.05, 0.1) is 24.2 Å². The van der Waals surface area contributed by atoms with Crippen molar-refractivity contribution < 1.29 is 13.2 Å². The summed E-state index contributed by atoms with van der Waals surface area (Å²) in [6.45, 7) is 3.35. The Hall–Kier alpha value is -2.06. The van der Waals surface area contributed by atoms with Crippen molar-refractivity contribution in [1.82, 2.24) is 14.3 Å². The van der Waals surface area contributed by atoms with E-state index < -0.39 is 10.0 Å². The fraction of sp³-hybridized carbons (Fsp3) is 0.438. The number of ether oxygens (including phenoxy) is 1. The number of nitrogens with one attached hydrogen (secondary N) is 2. The standard InChI is InChI=1S/C16H22N4O3S/c1-3-20-9-8-17-16(20)11-18-14-10-13(6-7-15(14)23-2)24(21,22)19-12-4-5-12/h6-10,12,18-19H,3-5,11H2,1-2H3. The van der Waals surface area contributed by atoms with Gasteiger partial charge in [-0.2, -0.15) is 0 Å². The Bertz CT molecular complexity index is 812. The maximum absolute atomic E-state index is 12.4. The molecule has 1 aliphatic carbocycles. The number of methoxy groups -OCH3 is 1. The van der Waals surface area contributed by atoms with Crippen LogP contribution in [-0.4, -0.2) is 31.1 Å². The Morgan fingerprint density at radius 2 is 2.17 bits per heavy atom. The zero-order valence-corrected chi connectivity index (χ0v) is 14.6. The fourth-order valence-corrected chi connectivity index (χ4v) is 3.78. The molecular weight excluding hydrogens is 328 g/mol. The summed E-state index contributed by atoms with van der Waals surface area (Å²) >= 11 is 0. The van der Waals surface area contributed by atoms with Crippen molar-refractivity contribution in [2.45, 2.75) is 43.8 Å². The maximum atomic E-state index is 12.4. The molecule has 2 N–H and O–H groups in total. The molecule has 0 atom stereocenters. The molecule has 0 aliphatic heterocycles. The van der Waals surface area contributed by atoms with Crippen molar-refractivity contribution in [3.8, 4) is 5.75 Å².